The third-order valence-corrected chi connectivity index (χ3v) is 3.05. The Morgan fingerprint density at radius 2 is 2.05 bits per heavy atom. The first-order valence-corrected chi connectivity index (χ1v) is 7.05. The predicted octanol–water partition coefficient (Wildman–Crippen LogP) is 1.66. The topological polar surface area (TPSA) is 114 Å². The monoisotopic (exact) mass is 324 g/mol. The quantitative estimate of drug-likeness (QED) is 0.612. The van der Waals surface area contributed by atoms with Gasteiger partial charge < -0.3 is 26.0 Å². The Labute approximate surface area is 132 Å². The fourth-order valence-electron chi connectivity index (χ4n) is 1.66. The molecule has 1 aromatic carbocycles. The van der Waals surface area contributed by atoms with Crippen molar-refractivity contribution in [1.29, 1.82) is 0 Å². The van der Waals surface area contributed by atoms with Crippen molar-refractivity contribution in [3.63, 3.8) is 0 Å². The van der Waals surface area contributed by atoms with Gasteiger partial charge in [0, 0.05) is 11.6 Å². The van der Waals surface area contributed by atoms with Crippen LogP contribution in [-0.2, 0) is 0 Å². The lowest BCUT2D eigenvalue weighted by Crippen LogP contribution is -2.17. The van der Waals surface area contributed by atoms with Crippen LogP contribution in [0.25, 0.3) is 0 Å². The van der Waals surface area contributed by atoms with E-state index in [4.69, 9.17) is 27.2 Å². The van der Waals surface area contributed by atoms with Crippen molar-refractivity contribution in [1.82, 2.24) is 9.97 Å². The van der Waals surface area contributed by atoms with Gasteiger partial charge in [0.15, 0.2) is 11.6 Å². The first kappa shape index (κ1) is 16.3. The number of aromatic nitrogens is 2. The summed E-state index contributed by atoms with van der Waals surface area (Å²) in [5, 5.41) is 21.7. The molecule has 1 unspecified atom stereocenters. The molecule has 2 rings (SSSR count). The molecule has 1 heterocycles. The molecule has 0 aliphatic rings. The lowest BCUT2D eigenvalue weighted by atomic mass is 10.2. The molecule has 0 fully saturated rings. The van der Waals surface area contributed by atoms with Crippen LogP contribution in [0.4, 0.5) is 11.8 Å². The zero-order valence-electron chi connectivity index (χ0n) is 11.7. The second-order valence-electron chi connectivity index (χ2n) is 4.55. The maximum atomic E-state index is 9.33. The molecule has 0 spiro atoms. The molecule has 1 atom stereocenters. The standard InChI is InChI=1S/C14H17ClN4O3/c15-9-1-3-11(4-2-9)22-12-7-18-14(16)19-13(12)17-6-5-10(21)8-20/h1-4,7,10,20-21H,5-6,8H2,(H3,16,17,18,19). The van der Waals surface area contributed by atoms with Crippen molar-refractivity contribution in [2.75, 3.05) is 24.2 Å². The lowest BCUT2D eigenvalue weighted by Gasteiger charge is -2.13. The highest BCUT2D eigenvalue weighted by atomic mass is 35.5. The summed E-state index contributed by atoms with van der Waals surface area (Å²) >= 11 is 5.83. The van der Waals surface area contributed by atoms with E-state index < -0.39 is 6.10 Å². The molecule has 118 valence electrons. The molecule has 0 amide bonds. The summed E-state index contributed by atoms with van der Waals surface area (Å²) in [5.74, 6) is 1.49. The maximum Gasteiger partial charge on any atom is 0.222 e. The van der Waals surface area contributed by atoms with E-state index in [1.165, 1.54) is 6.20 Å². The molecule has 0 radical (unpaired) electrons. The van der Waals surface area contributed by atoms with Gasteiger partial charge >= 0.3 is 0 Å². The van der Waals surface area contributed by atoms with Crippen molar-refractivity contribution in [3.8, 4) is 11.5 Å². The fraction of sp³-hybridized carbons (Fsp3) is 0.286. The Balaban J connectivity index is 2.08. The summed E-state index contributed by atoms with van der Waals surface area (Å²) in [5.41, 5.74) is 5.57. The van der Waals surface area contributed by atoms with Gasteiger partial charge in [0.1, 0.15) is 5.75 Å². The van der Waals surface area contributed by atoms with E-state index in [0.29, 0.717) is 35.3 Å². The molecule has 22 heavy (non-hydrogen) atoms. The van der Waals surface area contributed by atoms with Crippen LogP contribution in [0, 0.1) is 0 Å². The van der Waals surface area contributed by atoms with Gasteiger partial charge in [0.2, 0.25) is 5.95 Å². The molecule has 0 aliphatic heterocycles. The Morgan fingerprint density at radius 1 is 1.32 bits per heavy atom. The number of hydrogen-bond acceptors (Lipinski definition) is 7. The third-order valence-electron chi connectivity index (χ3n) is 2.80. The number of nitrogens with two attached hydrogens (primary N) is 1. The summed E-state index contributed by atoms with van der Waals surface area (Å²) in [6.45, 7) is 0.108. The molecular weight excluding hydrogens is 308 g/mol. The van der Waals surface area contributed by atoms with E-state index in [0.717, 1.165) is 0 Å². The molecule has 0 aliphatic carbocycles. The van der Waals surface area contributed by atoms with Gasteiger partial charge in [-0.05, 0) is 30.7 Å². The second kappa shape index (κ2) is 7.79. The Morgan fingerprint density at radius 3 is 2.73 bits per heavy atom. The van der Waals surface area contributed by atoms with Crippen LogP contribution >= 0.6 is 11.6 Å². The van der Waals surface area contributed by atoms with Crippen LogP contribution in [0.2, 0.25) is 5.02 Å². The van der Waals surface area contributed by atoms with Gasteiger partial charge in [-0.2, -0.15) is 4.98 Å². The van der Waals surface area contributed by atoms with E-state index in [-0.39, 0.29) is 12.6 Å². The minimum absolute atomic E-state index is 0.105. The molecular formula is C14H17ClN4O3. The van der Waals surface area contributed by atoms with Gasteiger partial charge in [-0.1, -0.05) is 11.6 Å². The Bertz CT molecular complexity index is 610. The van der Waals surface area contributed by atoms with Gasteiger partial charge in [-0.15, -0.1) is 0 Å². The van der Waals surface area contributed by atoms with Crippen molar-refractivity contribution >= 4 is 23.4 Å². The highest BCUT2D eigenvalue weighted by Crippen LogP contribution is 2.28. The van der Waals surface area contributed by atoms with E-state index >= 15 is 0 Å². The third kappa shape index (κ3) is 4.73. The second-order valence-corrected chi connectivity index (χ2v) is 4.99. The summed E-state index contributed by atoms with van der Waals surface area (Å²) < 4.78 is 5.69. The first-order valence-electron chi connectivity index (χ1n) is 6.67. The summed E-state index contributed by atoms with van der Waals surface area (Å²) in [7, 11) is 0. The highest BCUT2D eigenvalue weighted by molar-refractivity contribution is 6.30. The van der Waals surface area contributed by atoms with Gasteiger partial charge in [-0.3, -0.25) is 0 Å². The van der Waals surface area contributed by atoms with E-state index in [1.54, 1.807) is 24.3 Å². The van der Waals surface area contributed by atoms with Crippen molar-refractivity contribution < 1.29 is 14.9 Å². The van der Waals surface area contributed by atoms with Crippen LogP contribution in [0.3, 0.4) is 0 Å². The number of halogens is 1. The average Bonchev–Trinajstić information content (AvgIpc) is 2.51. The number of nitrogen functional groups attached to an aromatic ring is 1. The Kier molecular flexibility index (Phi) is 5.76. The molecule has 1 aromatic heterocycles. The number of hydrogen-bond donors (Lipinski definition) is 4. The molecule has 0 bridgehead atoms. The number of aliphatic hydroxyl groups is 2. The number of aliphatic hydroxyl groups excluding tert-OH is 2. The van der Waals surface area contributed by atoms with E-state index in [2.05, 4.69) is 15.3 Å². The van der Waals surface area contributed by atoms with E-state index in [9.17, 15) is 5.11 Å². The highest BCUT2D eigenvalue weighted by Gasteiger charge is 2.09. The number of rotatable bonds is 7. The number of ether oxygens (including phenoxy) is 1. The first-order chi connectivity index (χ1) is 10.6. The number of anilines is 2. The molecule has 7 nitrogen and oxygen atoms in total. The maximum absolute atomic E-state index is 9.33. The van der Waals surface area contributed by atoms with Crippen molar-refractivity contribution in [2.45, 2.75) is 12.5 Å². The van der Waals surface area contributed by atoms with Gasteiger partial charge in [0.25, 0.3) is 0 Å². The minimum atomic E-state index is -0.785. The average molecular weight is 325 g/mol. The van der Waals surface area contributed by atoms with Crippen LogP contribution in [0.1, 0.15) is 6.42 Å². The Hall–Kier alpha value is -2.09. The van der Waals surface area contributed by atoms with Crippen LogP contribution in [-0.4, -0.2) is 39.4 Å². The van der Waals surface area contributed by atoms with Crippen molar-refractivity contribution in [3.05, 3.63) is 35.5 Å². The number of nitrogens with zero attached hydrogens (tertiary/aromatic N) is 2. The SMILES string of the molecule is Nc1ncc(Oc2ccc(Cl)cc2)c(NCCC(O)CO)n1. The number of nitrogens with one attached hydrogen (secondary N) is 1. The van der Waals surface area contributed by atoms with Crippen LogP contribution in [0.15, 0.2) is 30.5 Å². The lowest BCUT2D eigenvalue weighted by molar-refractivity contribution is 0.0911. The smallest absolute Gasteiger partial charge is 0.222 e. The van der Waals surface area contributed by atoms with Crippen LogP contribution in [0.5, 0.6) is 11.5 Å². The summed E-state index contributed by atoms with van der Waals surface area (Å²) in [6, 6.07) is 6.86. The molecule has 5 N–H and O–H groups in total. The summed E-state index contributed by atoms with van der Waals surface area (Å²) in [6.07, 6.45) is 1.04. The molecule has 2 aromatic rings. The zero-order valence-corrected chi connectivity index (χ0v) is 12.5. The number of benzene rings is 1. The zero-order chi connectivity index (χ0) is 15.9. The summed E-state index contributed by atoms with van der Waals surface area (Å²) in [4.78, 5) is 7.97. The van der Waals surface area contributed by atoms with Gasteiger partial charge in [-0.25, -0.2) is 4.98 Å². The van der Waals surface area contributed by atoms with Crippen molar-refractivity contribution in [2.24, 2.45) is 0 Å². The van der Waals surface area contributed by atoms with Crippen LogP contribution < -0.4 is 15.8 Å². The predicted molar refractivity (Wildman–Crippen MR) is 84.2 cm³/mol. The molecule has 0 saturated heterocycles. The van der Waals surface area contributed by atoms with E-state index in [1.807, 2.05) is 0 Å². The normalized spacial score (nSPS) is 12.0. The molecule has 8 heteroatoms. The fourth-order valence-corrected chi connectivity index (χ4v) is 1.79. The van der Waals surface area contributed by atoms with Gasteiger partial charge in [0.05, 0.1) is 18.9 Å². The molecule has 0 saturated carbocycles. The largest absolute Gasteiger partial charge is 0.452 e. The minimum Gasteiger partial charge on any atom is -0.452 e.